The van der Waals surface area contributed by atoms with E-state index in [4.69, 9.17) is 0 Å². The summed E-state index contributed by atoms with van der Waals surface area (Å²) in [5.41, 5.74) is 0.787. The normalized spacial score (nSPS) is 11.4. The third-order valence-electron chi connectivity index (χ3n) is 3.73. The number of aliphatic carboxylic acids is 1. The molecule has 0 aliphatic carbocycles. The van der Waals surface area contributed by atoms with Crippen LogP contribution in [0.2, 0.25) is 0 Å². The summed E-state index contributed by atoms with van der Waals surface area (Å²) in [7, 11) is 0. The summed E-state index contributed by atoms with van der Waals surface area (Å²) in [5.74, 6) is -1.80. The second kappa shape index (κ2) is 8.52. The molecule has 1 amide bonds. The average molecular weight is 373 g/mol. The monoisotopic (exact) mass is 373 g/mol. The Labute approximate surface area is 152 Å². The topological polar surface area (TPSA) is 153 Å². The van der Waals surface area contributed by atoms with Crippen molar-refractivity contribution < 1.29 is 24.5 Å². The van der Waals surface area contributed by atoms with Crippen LogP contribution in [0.5, 0.6) is 0 Å². The molecule has 2 aromatic carbocycles. The fraction of sp³-hybridized carbons (Fsp3) is 0.176. The minimum absolute atomic E-state index is 0.0423. The first kappa shape index (κ1) is 19.5. The Morgan fingerprint density at radius 2 is 1.33 bits per heavy atom. The number of carboxylic acids is 1. The molecule has 0 unspecified atom stereocenters. The second-order valence-electron chi connectivity index (χ2n) is 5.69. The maximum atomic E-state index is 12.1. The number of carbonyl (C=O) groups excluding carboxylic acids is 1. The van der Waals surface area contributed by atoms with Gasteiger partial charge < -0.3 is 10.4 Å². The van der Waals surface area contributed by atoms with Gasteiger partial charge in [-0.2, -0.15) is 0 Å². The van der Waals surface area contributed by atoms with E-state index in [9.17, 15) is 34.9 Å². The number of non-ortho nitro benzene ring substituents is 2. The van der Waals surface area contributed by atoms with Gasteiger partial charge >= 0.3 is 5.97 Å². The quantitative estimate of drug-likeness (QED) is 0.529. The number of benzene rings is 2. The van der Waals surface area contributed by atoms with Crippen LogP contribution in [0.15, 0.2) is 48.5 Å². The molecule has 10 heteroatoms. The lowest BCUT2D eigenvalue weighted by molar-refractivity contribution is -0.385. The highest BCUT2D eigenvalue weighted by Crippen LogP contribution is 2.14. The summed E-state index contributed by atoms with van der Waals surface area (Å²) in [5, 5.41) is 32.9. The van der Waals surface area contributed by atoms with Gasteiger partial charge in [0.15, 0.2) is 0 Å². The van der Waals surface area contributed by atoms with Crippen molar-refractivity contribution in [1.82, 2.24) is 5.32 Å². The van der Waals surface area contributed by atoms with Gasteiger partial charge in [0.2, 0.25) is 5.91 Å². The summed E-state index contributed by atoms with van der Waals surface area (Å²) in [4.78, 5) is 43.6. The number of nitrogens with one attached hydrogen (secondary N) is 1. The molecule has 0 aliphatic heterocycles. The first-order valence-corrected chi connectivity index (χ1v) is 7.75. The molecular formula is C17H15N3O7. The highest BCUT2D eigenvalue weighted by Gasteiger charge is 2.21. The smallest absolute Gasteiger partial charge is 0.326 e. The number of hydrogen-bond donors (Lipinski definition) is 2. The molecule has 1 atom stereocenters. The fourth-order valence-corrected chi connectivity index (χ4v) is 2.36. The zero-order valence-corrected chi connectivity index (χ0v) is 13.9. The SMILES string of the molecule is O=C(Cc1ccc([N+](=O)[O-])cc1)N[C@@H](Cc1ccc([N+](=O)[O-])cc1)C(=O)O. The van der Waals surface area contributed by atoms with E-state index in [2.05, 4.69) is 5.32 Å². The predicted molar refractivity (Wildman–Crippen MR) is 93.2 cm³/mol. The molecule has 10 nitrogen and oxygen atoms in total. The van der Waals surface area contributed by atoms with E-state index in [0.717, 1.165) is 0 Å². The number of nitro groups is 2. The van der Waals surface area contributed by atoms with Gasteiger partial charge in [0.05, 0.1) is 16.3 Å². The van der Waals surface area contributed by atoms with Gasteiger partial charge in [0.25, 0.3) is 11.4 Å². The van der Waals surface area contributed by atoms with Crippen LogP contribution in [0.4, 0.5) is 11.4 Å². The van der Waals surface area contributed by atoms with Crippen LogP contribution in [0.1, 0.15) is 11.1 Å². The number of carboxylic acid groups (broad SMARTS) is 1. The lowest BCUT2D eigenvalue weighted by Crippen LogP contribution is -2.43. The van der Waals surface area contributed by atoms with E-state index >= 15 is 0 Å². The number of amides is 1. The van der Waals surface area contributed by atoms with E-state index in [0.29, 0.717) is 11.1 Å². The molecule has 2 rings (SSSR count). The fourth-order valence-electron chi connectivity index (χ4n) is 2.36. The molecule has 0 heterocycles. The number of carbonyl (C=O) groups is 2. The molecule has 0 bridgehead atoms. The Balaban J connectivity index is 2.00. The lowest BCUT2D eigenvalue weighted by atomic mass is 10.0. The van der Waals surface area contributed by atoms with Gasteiger partial charge in [-0.3, -0.25) is 25.0 Å². The van der Waals surface area contributed by atoms with Crippen molar-refractivity contribution in [2.45, 2.75) is 18.9 Å². The number of nitrogens with zero attached hydrogens (tertiary/aromatic N) is 2. The maximum Gasteiger partial charge on any atom is 0.326 e. The Morgan fingerprint density at radius 1 is 0.889 bits per heavy atom. The summed E-state index contributed by atoms with van der Waals surface area (Å²) < 4.78 is 0. The second-order valence-corrected chi connectivity index (χ2v) is 5.69. The lowest BCUT2D eigenvalue weighted by Gasteiger charge is -2.14. The van der Waals surface area contributed by atoms with E-state index in [1.54, 1.807) is 0 Å². The van der Waals surface area contributed by atoms with Crippen molar-refractivity contribution in [3.63, 3.8) is 0 Å². The van der Waals surface area contributed by atoms with E-state index in [1.807, 2.05) is 0 Å². The Kier molecular flexibility index (Phi) is 6.15. The molecule has 0 saturated heterocycles. The van der Waals surface area contributed by atoms with Gasteiger partial charge in [-0.25, -0.2) is 4.79 Å². The Hall–Kier alpha value is -3.82. The van der Waals surface area contributed by atoms with Crippen molar-refractivity contribution in [3.8, 4) is 0 Å². The van der Waals surface area contributed by atoms with Gasteiger partial charge in [0, 0.05) is 30.7 Å². The number of rotatable bonds is 8. The maximum absolute atomic E-state index is 12.1. The van der Waals surface area contributed by atoms with Crippen LogP contribution in [0.25, 0.3) is 0 Å². The van der Waals surface area contributed by atoms with E-state index in [-0.39, 0.29) is 24.2 Å². The molecule has 2 N–H and O–H groups in total. The highest BCUT2D eigenvalue weighted by atomic mass is 16.6. The largest absolute Gasteiger partial charge is 0.480 e. The van der Waals surface area contributed by atoms with Crippen LogP contribution in [0, 0.1) is 20.2 Å². The zero-order chi connectivity index (χ0) is 20.0. The Morgan fingerprint density at radius 3 is 1.74 bits per heavy atom. The molecule has 27 heavy (non-hydrogen) atoms. The first-order chi connectivity index (χ1) is 12.8. The molecular weight excluding hydrogens is 358 g/mol. The van der Waals surface area contributed by atoms with Crippen LogP contribution < -0.4 is 5.32 Å². The van der Waals surface area contributed by atoms with Gasteiger partial charge in [-0.1, -0.05) is 24.3 Å². The molecule has 2 aromatic rings. The highest BCUT2D eigenvalue weighted by molar-refractivity contribution is 5.85. The van der Waals surface area contributed by atoms with Crippen LogP contribution in [-0.4, -0.2) is 32.9 Å². The van der Waals surface area contributed by atoms with E-state index < -0.39 is 27.8 Å². The van der Waals surface area contributed by atoms with Crippen LogP contribution >= 0.6 is 0 Å². The summed E-state index contributed by atoms with van der Waals surface area (Å²) in [6.45, 7) is 0. The molecule has 0 aliphatic rings. The molecule has 0 spiro atoms. The van der Waals surface area contributed by atoms with Crippen molar-refractivity contribution in [2.24, 2.45) is 0 Å². The molecule has 0 aromatic heterocycles. The molecule has 0 saturated carbocycles. The van der Waals surface area contributed by atoms with Gasteiger partial charge in [-0.15, -0.1) is 0 Å². The van der Waals surface area contributed by atoms with Gasteiger partial charge in [0.1, 0.15) is 6.04 Å². The van der Waals surface area contributed by atoms with Crippen molar-refractivity contribution >= 4 is 23.3 Å². The van der Waals surface area contributed by atoms with Crippen LogP contribution in [0.3, 0.4) is 0 Å². The minimum atomic E-state index is -1.24. The minimum Gasteiger partial charge on any atom is -0.480 e. The van der Waals surface area contributed by atoms with Gasteiger partial charge in [-0.05, 0) is 11.1 Å². The van der Waals surface area contributed by atoms with E-state index in [1.165, 1.54) is 48.5 Å². The summed E-state index contributed by atoms with van der Waals surface area (Å²) >= 11 is 0. The molecule has 0 fully saturated rings. The average Bonchev–Trinajstić information content (AvgIpc) is 2.62. The van der Waals surface area contributed by atoms with Crippen molar-refractivity contribution in [3.05, 3.63) is 79.9 Å². The molecule has 0 radical (unpaired) electrons. The first-order valence-electron chi connectivity index (χ1n) is 7.75. The zero-order valence-electron chi connectivity index (χ0n) is 13.9. The Bertz CT molecular complexity index is 863. The number of hydrogen-bond acceptors (Lipinski definition) is 6. The number of nitro benzene ring substituents is 2. The van der Waals surface area contributed by atoms with Crippen LogP contribution in [-0.2, 0) is 22.4 Å². The predicted octanol–water partition coefficient (Wildman–Crippen LogP) is 1.86. The summed E-state index contributed by atoms with van der Waals surface area (Å²) in [6.07, 6.45) is -0.179. The third kappa shape index (κ3) is 5.59. The van der Waals surface area contributed by atoms with Crippen molar-refractivity contribution in [2.75, 3.05) is 0 Å². The molecule has 140 valence electrons. The third-order valence-corrected chi connectivity index (χ3v) is 3.73. The standard InChI is InChI=1S/C17H15N3O7/c21-16(10-12-3-7-14(8-4-12)20(26)27)18-15(17(22)23)9-11-1-5-13(6-2-11)19(24)25/h1-8,15H,9-10H2,(H,18,21)(H,22,23)/t15-/m0/s1. The van der Waals surface area contributed by atoms with Crippen molar-refractivity contribution in [1.29, 1.82) is 0 Å². The summed E-state index contributed by atoms with van der Waals surface area (Å²) in [6, 6.07) is 9.51.